The predicted molar refractivity (Wildman–Crippen MR) is 113 cm³/mol. The van der Waals surface area contributed by atoms with Gasteiger partial charge in [0.05, 0.1) is 23.9 Å². The molecule has 0 radical (unpaired) electrons. The lowest BCUT2D eigenvalue weighted by Gasteiger charge is -2.13. The van der Waals surface area contributed by atoms with Crippen LogP contribution in [0, 0.1) is 0 Å². The first-order valence-electron chi connectivity index (χ1n) is 9.16. The maximum Gasteiger partial charge on any atom is 0.144 e. The second-order valence-electron chi connectivity index (χ2n) is 6.52. The highest BCUT2D eigenvalue weighted by Crippen LogP contribution is 2.36. The van der Waals surface area contributed by atoms with Crippen LogP contribution in [-0.2, 0) is 0 Å². The smallest absolute Gasteiger partial charge is 0.144 e. The first kappa shape index (κ1) is 17.0. The Morgan fingerprint density at radius 2 is 1.86 bits per heavy atom. The van der Waals surface area contributed by atoms with Gasteiger partial charge in [0.2, 0.25) is 0 Å². The van der Waals surface area contributed by atoms with Crippen LogP contribution in [0.2, 0.25) is 0 Å². The van der Waals surface area contributed by atoms with Gasteiger partial charge in [0.15, 0.2) is 0 Å². The molecule has 0 atom stereocenters. The monoisotopic (exact) mass is 382 g/mol. The summed E-state index contributed by atoms with van der Waals surface area (Å²) in [5, 5.41) is 11.4. The highest BCUT2D eigenvalue weighted by atomic mass is 16.5. The van der Waals surface area contributed by atoms with Gasteiger partial charge >= 0.3 is 0 Å². The summed E-state index contributed by atoms with van der Waals surface area (Å²) in [4.78, 5) is 12.0. The number of anilines is 2. The summed E-state index contributed by atoms with van der Waals surface area (Å²) < 4.78 is 5.57. The summed E-state index contributed by atoms with van der Waals surface area (Å²) in [5.41, 5.74) is 5.61. The second-order valence-corrected chi connectivity index (χ2v) is 6.52. The molecular weight excluding hydrogens is 364 g/mol. The van der Waals surface area contributed by atoms with Crippen LogP contribution in [0.1, 0.15) is 0 Å². The molecule has 29 heavy (non-hydrogen) atoms. The lowest BCUT2D eigenvalue weighted by molar-refractivity contribution is 0.417. The molecule has 2 aromatic carbocycles. The fourth-order valence-corrected chi connectivity index (χ4v) is 3.42. The Balaban J connectivity index is 1.62. The lowest BCUT2D eigenvalue weighted by Crippen LogP contribution is -1.99. The SMILES string of the molecule is COc1ccc(-c2ccccc2)cc1Nc1ncnc2[nH]cc(-c3ccn[nH]3)c12. The fourth-order valence-electron chi connectivity index (χ4n) is 3.42. The van der Waals surface area contributed by atoms with Gasteiger partial charge in [-0.2, -0.15) is 5.10 Å². The van der Waals surface area contributed by atoms with Gasteiger partial charge < -0.3 is 15.0 Å². The minimum Gasteiger partial charge on any atom is -0.495 e. The molecule has 0 aliphatic carbocycles. The zero-order chi connectivity index (χ0) is 19.6. The molecule has 0 aliphatic heterocycles. The quantitative estimate of drug-likeness (QED) is 0.407. The average Bonchev–Trinajstić information content (AvgIpc) is 3.44. The number of nitrogens with one attached hydrogen (secondary N) is 3. The van der Waals surface area contributed by atoms with Crippen molar-refractivity contribution in [3.8, 4) is 28.1 Å². The van der Waals surface area contributed by atoms with Crippen molar-refractivity contribution in [1.82, 2.24) is 25.1 Å². The number of rotatable bonds is 5. The molecule has 0 fully saturated rings. The number of methoxy groups -OCH3 is 1. The molecule has 0 aliphatic rings. The number of aromatic nitrogens is 5. The van der Waals surface area contributed by atoms with E-state index >= 15 is 0 Å². The molecule has 3 N–H and O–H groups in total. The first-order valence-corrected chi connectivity index (χ1v) is 9.16. The van der Waals surface area contributed by atoms with Crippen LogP contribution in [0.5, 0.6) is 5.75 Å². The minimum absolute atomic E-state index is 0.685. The number of fused-ring (bicyclic) bond motifs is 1. The van der Waals surface area contributed by atoms with Crippen molar-refractivity contribution in [2.75, 3.05) is 12.4 Å². The second kappa shape index (κ2) is 7.12. The van der Waals surface area contributed by atoms with Crippen molar-refractivity contribution in [3.05, 3.63) is 73.3 Å². The summed E-state index contributed by atoms with van der Waals surface area (Å²) in [5.74, 6) is 1.42. The summed E-state index contributed by atoms with van der Waals surface area (Å²) in [6, 6.07) is 18.2. The maximum absolute atomic E-state index is 5.57. The van der Waals surface area contributed by atoms with E-state index in [1.165, 1.54) is 6.33 Å². The van der Waals surface area contributed by atoms with Gasteiger partial charge in [-0.05, 0) is 29.3 Å². The van der Waals surface area contributed by atoms with Crippen LogP contribution in [0.4, 0.5) is 11.5 Å². The summed E-state index contributed by atoms with van der Waals surface area (Å²) in [6.45, 7) is 0. The number of ether oxygens (including phenoxy) is 1. The van der Waals surface area contributed by atoms with E-state index in [1.54, 1.807) is 13.3 Å². The third-order valence-corrected chi connectivity index (χ3v) is 4.82. The number of hydrogen-bond donors (Lipinski definition) is 3. The van der Waals surface area contributed by atoms with Gasteiger partial charge in [-0.15, -0.1) is 0 Å². The van der Waals surface area contributed by atoms with E-state index in [2.05, 4.69) is 48.7 Å². The van der Waals surface area contributed by atoms with Crippen molar-refractivity contribution in [2.24, 2.45) is 0 Å². The van der Waals surface area contributed by atoms with Crippen molar-refractivity contribution >= 4 is 22.5 Å². The van der Waals surface area contributed by atoms with Gasteiger partial charge in [-0.3, -0.25) is 5.10 Å². The van der Waals surface area contributed by atoms with E-state index in [0.717, 1.165) is 44.9 Å². The largest absolute Gasteiger partial charge is 0.495 e. The molecule has 0 spiro atoms. The first-order chi connectivity index (χ1) is 14.3. The Kier molecular flexibility index (Phi) is 4.18. The maximum atomic E-state index is 5.57. The number of benzene rings is 2. The van der Waals surface area contributed by atoms with Gasteiger partial charge in [0, 0.05) is 18.0 Å². The standard InChI is InChI=1S/C22H18N6O/c1-29-19-8-7-15(14-5-3-2-4-6-14)11-18(19)27-22-20-16(17-9-10-26-28-17)12-23-21(20)24-13-25-22/h2-13H,1H3,(H,26,28)(H2,23,24,25,27). The Labute approximate surface area is 166 Å². The van der Waals surface area contributed by atoms with E-state index in [9.17, 15) is 0 Å². The number of nitrogens with zero attached hydrogens (tertiary/aromatic N) is 3. The lowest BCUT2D eigenvalue weighted by atomic mass is 10.0. The van der Waals surface area contributed by atoms with E-state index in [4.69, 9.17) is 4.74 Å². The van der Waals surface area contributed by atoms with Gasteiger partial charge in [-0.1, -0.05) is 36.4 Å². The van der Waals surface area contributed by atoms with Crippen molar-refractivity contribution in [1.29, 1.82) is 0 Å². The molecule has 0 bridgehead atoms. The summed E-state index contributed by atoms with van der Waals surface area (Å²) in [7, 11) is 1.66. The Bertz CT molecular complexity index is 1260. The predicted octanol–water partition coefficient (Wildman–Crippen LogP) is 4.77. The van der Waals surface area contributed by atoms with E-state index in [-0.39, 0.29) is 0 Å². The number of aromatic amines is 2. The molecule has 5 rings (SSSR count). The molecule has 142 valence electrons. The molecule has 0 unspecified atom stereocenters. The van der Waals surface area contributed by atoms with Crippen molar-refractivity contribution < 1.29 is 4.74 Å². The van der Waals surface area contributed by atoms with Gasteiger partial charge in [0.1, 0.15) is 23.5 Å². The zero-order valence-electron chi connectivity index (χ0n) is 15.7. The molecule has 0 amide bonds. The fraction of sp³-hybridized carbons (Fsp3) is 0.0455. The van der Waals surface area contributed by atoms with Crippen LogP contribution in [-0.4, -0.2) is 32.3 Å². The molecule has 7 nitrogen and oxygen atoms in total. The van der Waals surface area contributed by atoms with Crippen LogP contribution in [0.15, 0.2) is 73.3 Å². The molecule has 3 aromatic heterocycles. The molecular formula is C22H18N6O. The highest BCUT2D eigenvalue weighted by Gasteiger charge is 2.15. The van der Waals surface area contributed by atoms with Crippen LogP contribution >= 0.6 is 0 Å². The minimum atomic E-state index is 0.685. The third-order valence-electron chi connectivity index (χ3n) is 4.82. The molecule has 0 saturated carbocycles. The Morgan fingerprint density at radius 1 is 0.966 bits per heavy atom. The Hall–Kier alpha value is -4.13. The van der Waals surface area contributed by atoms with E-state index in [1.807, 2.05) is 42.6 Å². The van der Waals surface area contributed by atoms with Gasteiger partial charge in [-0.25, -0.2) is 9.97 Å². The number of H-pyrrole nitrogens is 2. The van der Waals surface area contributed by atoms with Crippen molar-refractivity contribution in [2.45, 2.75) is 0 Å². The third kappa shape index (κ3) is 3.08. The topological polar surface area (TPSA) is 91.5 Å². The van der Waals surface area contributed by atoms with Crippen molar-refractivity contribution in [3.63, 3.8) is 0 Å². The Morgan fingerprint density at radius 3 is 2.66 bits per heavy atom. The molecule has 0 saturated heterocycles. The summed E-state index contributed by atoms with van der Waals surface area (Å²) in [6.07, 6.45) is 5.15. The van der Waals surface area contributed by atoms with Gasteiger partial charge in [0.25, 0.3) is 0 Å². The molecule has 5 aromatic rings. The molecule has 7 heteroatoms. The van der Waals surface area contributed by atoms with E-state index in [0.29, 0.717) is 5.82 Å². The van der Waals surface area contributed by atoms with Crippen LogP contribution in [0.3, 0.4) is 0 Å². The highest BCUT2D eigenvalue weighted by molar-refractivity contribution is 6.01. The normalized spacial score (nSPS) is 10.9. The number of hydrogen-bond acceptors (Lipinski definition) is 5. The summed E-state index contributed by atoms with van der Waals surface area (Å²) >= 11 is 0. The van der Waals surface area contributed by atoms with Crippen LogP contribution in [0.25, 0.3) is 33.4 Å². The molecule has 3 heterocycles. The zero-order valence-corrected chi connectivity index (χ0v) is 15.7. The average molecular weight is 382 g/mol. The van der Waals surface area contributed by atoms with E-state index < -0.39 is 0 Å². The van der Waals surface area contributed by atoms with Crippen LogP contribution < -0.4 is 10.1 Å².